The van der Waals surface area contributed by atoms with Crippen molar-refractivity contribution in [2.75, 3.05) is 13.2 Å². The van der Waals surface area contributed by atoms with Crippen molar-refractivity contribution in [3.05, 3.63) is 0 Å². The molecule has 0 spiro atoms. The molecule has 1 heterocycles. The SMILES string of the molecule is CC(NCCO)C1CC[C@@H](N)[C@@H](C)O1. The van der Waals surface area contributed by atoms with Crippen molar-refractivity contribution in [1.82, 2.24) is 5.32 Å². The van der Waals surface area contributed by atoms with Crippen LogP contribution in [0.2, 0.25) is 0 Å². The summed E-state index contributed by atoms with van der Waals surface area (Å²) in [5.74, 6) is 0. The standard InChI is InChI=1S/C10H22N2O2/c1-7(12-5-6-13)10-4-3-9(11)8(2)14-10/h7-10,12-13H,3-6,11H2,1-2H3/t7?,8-,9-,10?/m1/s1. The summed E-state index contributed by atoms with van der Waals surface area (Å²) in [4.78, 5) is 0. The number of rotatable bonds is 4. The summed E-state index contributed by atoms with van der Waals surface area (Å²) in [6, 6.07) is 0.466. The highest BCUT2D eigenvalue weighted by molar-refractivity contribution is 4.83. The molecule has 4 nitrogen and oxygen atoms in total. The first-order valence-corrected chi connectivity index (χ1v) is 5.40. The Morgan fingerprint density at radius 3 is 2.86 bits per heavy atom. The highest BCUT2D eigenvalue weighted by atomic mass is 16.5. The first kappa shape index (κ1) is 11.9. The molecule has 0 amide bonds. The molecule has 1 saturated heterocycles. The van der Waals surface area contributed by atoms with E-state index in [1.807, 2.05) is 6.92 Å². The monoisotopic (exact) mass is 202 g/mol. The third-order valence-electron chi connectivity index (χ3n) is 2.91. The number of aliphatic hydroxyl groups excluding tert-OH is 1. The van der Waals surface area contributed by atoms with Crippen LogP contribution in [0.15, 0.2) is 0 Å². The Morgan fingerprint density at radius 2 is 2.29 bits per heavy atom. The lowest BCUT2D eigenvalue weighted by Gasteiger charge is -2.36. The second kappa shape index (κ2) is 5.66. The summed E-state index contributed by atoms with van der Waals surface area (Å²) in [7, 11) is 0. The van der Waals surface area contributed by atoms with Gasteiger partial charge in [0.05, 0.1) is 18.8 Å². The second-order valence-electron chi connectivity index (χ2n) is 4.09. The van der Waals surface area contributed by atoms with Crippen LogP contribution in [0.4, 0.5) is 0 Å². The quantitative estimate of drug-likeness (QED) is 0.593. The van der Waals surface area contributed by atoms with Crippen LogP contribution in [-0.2, 0) is 4.74 Å². The number of ether oxygens (including phenoxy) is 1. The molecule has 0 bridgehead atoms. The smallest absolute Gasteiger partial charge is 0.0730 e. The summed E-state index contributed by atoms with van der Waals surface area (Å²) in [6.07, 6.45) is 2.41. The van der Waals surface area contributed by atoms with Gasteiger partial charge in [-0.1, -0.05) is 0 Å². The van der Waals surface area contributed by atoms with Crippen LogP contribution in [0.25, 0.3) is 0 Å². The van der Waals surface area contributed by atoms with Gasteiger partial charge in [-0.05, 0) is 26.7 Å². The Labute approximate surface area is 85.8 Å². The molecule has 2 unspecified atom stereocenters. The second-order valence-corrected chi connectivity index (χ2v) is 4.09. The van der Waals surface area contributed by atoms with Gasteiger partial charge < -0.3 is 20.9 Å². The Bertz CT molecular complexity index is 166. The minimum Gasteiger partial charge on any atom is -0.395 e. The average molecular weight is 202 g/mol. The van der Waals surface area contributed by atoms with E-state index in [-0.39, 0.29) is 30.9 Å². The first-order chi connectivity index (χ1) is 6.65. The summed E-state index contributed by atoms with van der Waals surface area (Å²) in [5, 5.41) is 11.9. The zero-order chi connectivity index (χ0) is 10.6. The minimum atomic E-state index is 0.145. The molecule has 0 aromatic rings. The van der Waals surface area contributed by atoms with Crippen LogP contribution in [-0.4, -0.2) is 42.5 Å². The van der Waals surface area contributed by atoms with Crippen LogP contribution < -0.4 is 11.1 Å². The summed E-state index contributed by atoms with van der Waals surface area (Å²) >= 11 is 0. The lowest BCUT2D eigenvalue weighted by atomic mass is 9.97. The molecule has 1 fully saturated rings. The predicted octanol–water partition coefficient (Wildman–Crippen LogP) is -0.148. The first-order valence-electron chi connectivity index (χ1n) is 5.40. The van der Waals surface area contributed by atoms with Gasteiger partial charge in [-0.25, -0.2) is 0 Å². The van der Waals surface area contributed by atoms with Crippen molar-refractivity contribution in [2.24, 2.45) is 5.73 Å². The number of hydrogen-bond acceptors (Lipinski definition) is 4. The molecule has 4 N–H and O–H groups in total. The molecule has 1 aliphatic heterocycles. The average Bonchev–Trinajstić information content (AvgIpc) is 2.18. The van der Waals surface area contributed by atoms with Crippen molar-refractivity contribution in [2.45, 2.75) is 51.0 Å². The van der Waals surface area contributed by atoms with E-state index in [0.29, 0.717) is 6.54 Å². The van der Waals surface area contributed by atoms with E-state index in [1.54, 1.807) is 0 Å². The van der Waals surface area contributed by atoms with Gasteiger partial charge >= 0.3 is 0 Å². The van der Waals surface area contributed by atoms with Crippen LogP contribution in [0.3, 0.4) is 0 Å². The molecule has 1 aliphatic rings. The number of hydrogen-bond donors (Lipinski definition) is 3. The van der Waals surface area contributed by atoms with E-state index >= 15 is 0 Å². The summed E-state index contributed by atoms with van der Waals surface area (Å²) < 4.78 is 5.79. The van der Waals surface area contributed by atoms with Gasteiger partial charge in [0.25, 0.3) is 0 Å². The van der Waals surface area contributed by atoms with Gasteiger partial charge in [-0.2, -0.15) is 0 Å². The molecular formula is C10H22N2O2. The van der Waals surface area contributed by atoms with E-state index in [0.717, 1.165) is 12.8 Å². The van der Waals surface area contributed by atoms with E-state index in [1.165, 1.54) is 0 Å². The van der Waals surface area contributed by atoms with Crippen molar-refractivity contribution >= 4 is 0 Å². The molecule has 0 aliphatic carbocycles. The molecule has 0 saturated carbocycles. The molecule has 0 aromatic carbocycles. The van der Waals surface area contributed by atoms with Crippen molar-refractivity contribution in [3.8, 4) is 0 Å². The molecular weight excluding hydrogens is 180 g/mol. The molecule has 0 radical (unpaired) electrons. The topological polar surface area (TPSA) is 67.5 Å². The van der Waals surface area contributed by atoms with E-state index in [9.17, 15) is 0 Å². The fraction of sp³-hybridized carbons (Fsp3) is 1.00. The van der Waals surface area contributed by atoms with Crippen molar-refractivity contribution in [3.63, 3.8) is 0 Å². The van der Waals surface area contributed by atoms with E-state index < -0.39 is 0 Å². The highest BCUT2D eigenvalue weighted by Crippen LogP contribution is 2.20. The normalized spacial score (nSPS) is 35.6. The van der Waals surface area contributed by atoms with Crippen LogP contribution >= 0.6 is 0 Å². The van der Waals surface area contributed by atoms with Crippen LogP contribution in [0.5, 0.6) is 0 Å². The Balaban J connectivity index is 2.30. The maximum absolute atomic E-state index is 8.68. The predicted molar refractivity (Wildman–Crippen MR) is 56.1 cm³/mol. The number of nitrogens with two attached hydrogens (primary N) is 1. The zero-order valence-electron chi connectivity index (χ0n) is 9.07. The van der Waals surface area contributed by atoms with Crippen molar-refractivity contribution < 1.29 is 9.84 Å². The summed E-state index contributed by atoms with van der Waals surface area (Å²) in [6.45, 7) is 4.91. The zero-order valence-corrected chi connectivity index (χ0v) is 9.07. The Hall–Kier alpha value is -0.160. The lowest BCUT2D eigenvalue weighted by molar-refractivity contribution is -0.0650. The molecule has 4 heteroatoms. The van der Waals surface area contributed by atoms with Gasteiger partial charge in [0.15, 0.2) is 0 Å². The van der Waals surface area contributed by atoms with Crippen LogP contribution in [0, 0.1) is 0 Å². The van der Waals surface area contributed by atoms with Crippen molar-refractivity contribution in [1.29, 1.82) is 0 Å². The Kier molecular flexibility index (Phi) is 4.81. The van der Waals surface area contributed by atoms with Gasteiger partial charge in [0, 0.05) is 18.6 Å². The molecule has 0 aromatic heterocycles. The van der Waals surface area contributed by atoms with Gasteiger partial charge in [0.1, 0.15) is 0 Å². The summed E-state index contributed by atoms with van der Waals surface area (Å²) in [5.41, 5.74) is 5.86. The highest BCUT2D eigenvalue weighted by Gasteiger charge is 2.28. The number of aliphatic hydroxyl groups is 1. The lowest BCUT2D eigenvalue weighted by Crippen LogP contribution is -2.49. The fourth-order valence-electron chi connectivity index (χ4n) is 1.83. The molecule has 14 heavy (non-hydrogen) atoms. The molecule has 84 valence electrons. The number of nitrogens with one attached hydrogen (secondary N) is 1. The van der Waals surface area contributed by atoms with Crippen LogP contribution in [0.1, 0.15) is 26.7 Å². The maximum Gasteiger partial charge on any atom is 0.0730 e. The van der Waals surface area contributed by atoms with E-state index in [4.69, 9.17) is 15.6 Å². The maximum atomic E-state index is 8.68. The Morgan fingerprint density at radius 1 is 1.57 bits per heavy atom. The molecule has 1 rings (SSSR count). The third-order valence-corrected chi connectivity index (χ3v) is 2.91. The molecule has 4 atom stereocenters. The van der Waals surface area contributed by atoms with Gasteiger partial charge in [-0.15, -0.1) is 0 Å². The van der Waals surface area contributed by atoms with E-state index in [2.05, 4.69) is 12.2 Å². The fourth-order valence-corrected chi connectivity index (χ4v) is 1.83. The van der Waals surface area contributed by atoms with Gasteiger partial charge in [-0.3, -0.25) is 0 Å². The third kappa shape index (κ3) is 3.20. The van der Waals surface area contributed by atoms with Gasteiger partial charge in [0.2, 0.25) is 0 Å². The minimum absolute atomic E-state index is 0.145. The largest absolute Gasteiger partial charge is 0.395 e.